The zero-order valence-corrected chi connectivity index (χ0v) is 10.0. The molecule has 0 fully saturated rings. The lowest BCUT2D eigenvalue weighted by atomic mass is 10.1. The van der Waals surface area contributed by atoms with Crippen molar-refractivity contribution < 1.29 is 18.0 Å². The van der Waals surface area contributed by atoms with Gasteiger partial charge < -0.3 is 4.57 Å². The highest BCUT2D eigenvalue weighted by Crippen LogP contribution is 2.32. The standard InChI is InChI=1S/C13H12F3NO/c1-3-17-11-5-4-10(13(14,15)16)6-9(11)7-12(17)8(2)18/h4-7H,3H2,1-2H3. The van der Waals surface area contributed by atoms with Gasteiger partial charge in [-0.2, -0.15) is 13.2 Å². The van der Waals surface area contributed by atoms with Gasteiger partial charge in [-0.25, -0.2) is 0 Å². The van der Waals surface area contributed by atoms with Crippen LogP contribution in [0.15, 0.2) is 24.3 Å². The van der Waals surface area contributed by atoms with Gasteiger partial charge in [-0.3, -0.25) is 4.79 Å². The molecule has 0 N–H and O–H groups in total. The molecule has 2 nitrogen and oxygen atoms in total. The van der Waals surface area contributed by atoms with E-state index in [1.807, 2.05) is 6.92 Å². The number of Topliss-reactive ketones (excluding diaryl/α,β-unsaturated/α-hetero) is 1. The molecule has 0 aliphatic carbocycles. The summed E-state index contributed by atoms with van der Waals surface area (Å²) in [6, 6.07) is 5.04. The lowest BCUT2D eigenvalue weighted by molar-refractivity contribution is -0.137. The van der Waals surface area contributed by atoms with E-state index in [-0.39, 0.29) is 5.78 Å². The molecular weight excluding hydrogens is 243 g/mol. The second-order valence-corrected chi connectivity index (χ2v) is 4.10. The molecule has 0 spiro atoms. The lowest BCUT2D eigenvalue weighted by Gasteiger charge is -2.08. The summed E-state index contributed by atoms with van der Waals surface area (Å²) in [5.74, 6) is -0.151. The van der Waals surface area contributed by atoms with Crippen LogP contribution in [0.4, 0.5) is 13.2 Å². The first kappa shape index (κ1) is 12.7. The van der Waals surface area contributed by atoms with Crippen molar-refractivity contribution in [2.75, 3.05) is 0 Å². The first-order valence-corrected chi connectivity index (χ1v) is 5.56. The molecule has 1 heterocycles. The number of hydrogen-bond acceptors (Lipinski definition) is 1. The summed E-state index contributed by atoms with van der Waals surface area (Å²) in [5, 5.41) is 0.442. The predicted molar refractivity (Wildman–Crippen MR) is 62.6 cm³/mol. The second kappa shape index (κ2) is 4.15. The Kier molecular flexibility index (Phi) is 2.92. The van der Waals surface area contributed by atoms with Crippen molar-refractivity contribution in [1.29, 1.82) is 0 Å². The second-order valence-electron chi connectivity index (χ2n) is 4.10. The number of rotatable bonds is 2. The van der Waals surface area contributed by atoms with Gasteiger partial charge in [0.15, 0.2) is 5.78 Å². The molecule has 18 heavy (non-hydrogen) atoms. The summed E-state index contributed by atoms with van der Waals surface area (Å²) in [7, 11) is 0. The van der Waals surface area contributed by atoms with Crippen LogP contribution in [0.1, 0.15) is 29.9 Å². The molecule has 1 aromatic heterocycles. The van der Waals surface area contributed by atoms with Crippen molar-refractivity contribution in [1.82, 2.24) is 4.57 Å². The summed E-state index contributed by atoms with van der Waals surface area (Å²) in [6.45, 7) is 3.80. The zero-order chi connectivity index (χ0) is 13.5. The Morgan fingerprint density at radius 2 is 1.94 bits per heavy atom. The van der Waals surface area contributed by atoms with Crippen molar-refractivity contribution in [2.45, 2.75) is 26.6 Å². The minimum absolute atomic E-state index is 0.151. The maximum atomic E-state index is 12.6. The Bertz CT molecular complexity index is 610. The fourth-order valence-electron chi connectivity index (χ4n) is 2.08. The van der Waals surface area contributed by atoms with E-state index in [2.05, 4.69) is 0 Å². The van der Waals surface area contributed by atoms with Crippen LogP contribution in [0.3, 0.4) is 0 Å². The van der Waals surface area contributed by atoms with Crippen LogP contribution in [-0.2, 0) is 12.7 Å². The number of aromatic nitrogens is 1. The van der Waals surface area contributed by atoms with E-state index in [0.717, 1.165) is 12.1 Å². The quantitative estimate of drug-likeness (QED) is 0.746. The van der Waals surface area contributed by atoms with Gasteiger partial charge in [-0.1, -0.05) is 0 Å². The maximum Gasteiger partial charge on any atom is 0.416 e. The summed E-state index contributed by atoms with van der Waals surface area (Å²) >= 11 is 0. The number of aryl methyl sites for hydroxylation is 1. The van der Waals surface area contributed by atoms with Crippen molar-refractivity contribution in [2.24, 2.45) is 0 Å². The molecule has 2 rings (SSSR count). The molecular formula is C13H12F3NO. The molecule has 2 aromatic rings. The Morgan fingerprint density at radius 3 is 2.44 bits per heavy atom. The van der Waals surface area contributed by atoms with E-state index >= 15 is 0 Å². The van der Waals surface area contributed by atoms with E-state index in [1.165, 1.54) is 19.1 Å². The molecule has 96 valence electrons. The largest absolute Gasteiger partial charge is 0.416 e. The molecule has 0 radical (unpaired) electrons. The molecule has 0 bridgehead atoms. The van der Waals surface area contributed by atoms with Crippen molar-refractivity contribution >= 4 is 16.7 Å². The average Bonchev–Trinajstić information content (AvgIpc) is 2.65. The molecule has 0 saturated carbocycles. The normalized spacial score (nSPS) is 12.1. The van der Waals surface area contributed by atoms with Crippen LogP contribution in [0.5, 0.6) is 0 Å². The van der Waals surface area contributed by atoms with Gasteiger partial charge in [-0.15, -0.1) is 0 Å². The number of ketones is 1. The fraction of sp³-hybridized carbons (Fsp3) is 0.308. The number of fused-ring (bicyclic) bond motifs is 1. The number of halogens is 3. The van der Waals surface area contributed by atoms with E-state index in [4.69, 9.17) is 0 Å². The molecule has 5 heteroatoms. The highest BCUT2D eigenvalue weighted by molar-refractivity contribution is 5.98. The fourth-order valence-corrected chi connectivity index (χ4v) is 2.08. The van der Waals surface area contributed by atoms with Crippen LogP contribution < -0.4 is 0 Å². The average molecular weight is 255 g/mol. The van der Waals surface area contributed by atoms with Gasteiger partial charge in [0.1, 0.15) is 0 Å². The number of nitrogens with zero attached hydrogens (tertiary/aromatic N) is 1. The van der Waals surface area contributed by atoms with Crippen LogP contribution in [0.25, 0.3) is 10.9 Å². The minimum atomic E-state index is -4.36. The van der Waals surface area contributed by atoms with Crippen molar-refractivity contribution in [3.05, 3.63) is 35.5 Å². The van der Waals surface area contributed by atoms with Gasteiger partial charge in [0.2, 0.25) is 0 Å². The van der Waals surface area contributed by atoms with Gasteiger partial charge in [0, 0.05) is 24.4 Å². The smallest absolute Gasteiger partial charge is 0.338 e. The summed E-state index contributed by atoms with van der Waals surface area (Å²) in [5.41, 5.74) is 0.390. The van der Waals surface area contributed by atoms with E-state index in [1.54, 1.807) is 4.57 Å². The Morgan fingerprint density at radius 1 is 1.28 bits per heavy atom. The molecule has 0 atom stereocenters. The number of benzene rings is 1. The monoisotopic (exact) mass is 255 g/mol. The predicted octanol–water partition coefficient (Wildman–Crippen LogP) is 3.88. The summed E-state index contributed by atoms with van der Waals surface area (Å²) in [4.78, 5) is 11.4. The van der Waals surface area contributed by atoms with E-state index < -0.39 is 11.7 Å². The zero-order valence-electron chi connectivity index (χ0n) is 10.0. The lowest BCUT2D eigenvalue weighted by Crippen LogP contribution is -2.05. The summed E-state index contributed by atoms with van der Waals surface area (Å²) in [6.07, 6.45) is -4.36. The topological polar surface area (TPSA) is 22.0 Å². The molecule has 1 aromatic carbocycles. The third-order valence-electron chi connectivity index (χ3n) is 2.91. The number of carbonyl (C=O) groups is 1. The SMILES string of the molecule is CCn1c(C(C)=O)cc2cc(C(F)(F)F)ccc21. The first-order valence-electron chi connectivity index (χ1n) is 5.56. The highest BCUT2D eigenvalue weighted by atomic mass is 19.4. The number of alkyl halides is 3. The van der Waals surface area contributed by atoms with Gasteiger partial charge in [0.05, 0.1) is 11.3 Å². The van der Waals surface area contributed by atoms with Crippen molar-refractivity contribution in [3.8, 4) is 0 Å². The van der Waals surface area contributed by atoms with E-state index in [0.29, 0.717) is 23.1 Å². The van der Waals surface area contributed by atoms with Gasteiger partial charge in [0.25, 0.3) is 0 Å². The van der Waals surface area contributed by atoms with Crippen LogP contribution in [-0.4, -0.2) is 10.4 Å². The van der Waals surface area contributed by atoms with Crippen LogP contribution >= 0.6 is 0 Å². The molecule has 0 aliphatic rings. The summed E-state index contributed by atoms with van der Waals surface area (Å²) < 4.78 is 39.5. The molecule has 0 aliphatic heterocycles. The minimum Gasteiger partial charge on any atom is -0.338 e. The Hall–Kier alpha value is -1.78. The van der Waals surface area contributed by atoms with Crippen LogP contribution in [0, 0.1) is 0 Å². The number of carbonyl (C=O) groups excluding carboxylic acids is 1. The highest BCUT2D eigenvalue weighted by Gasteiger charge is 2.30. The first-order chi connectivity index (χ1) is 8.34. The molecule has 0 saturated heterocycles. The Balaban J connectivity index is 2.69. The maximum absolute atomic E-state index is 12.6. The molecule has 0 unspecified atom stereocenters. The third-order valence-corrected chi connectivity index (χ3v) is 2.91. The van der Waals surface area contributed by atoms with Crippen molar-refractivity contribution in [3.63, 3.8) is 0 Å². The van der Waals surface area contributed by atoms with Crippen LogP contribution in [0.2, 0.25) is 0 Å². The molecule has 0 amide bonds. The van der Waals surface area contributed by atoms with Gasteiger partial charge in [-0.05, 0) is 31.2 Å². The number of hydrogen-bond donors (Lipinski definition) is 0. The van der Waals surface area contributed by atoms with Gasteiger partial charge >= 0.3 is 6.18 Å². The Labute approximate surface area is 102 Å². The third kappa shape index (κ3) is 2.00. The van der Waals surface area contributed by atoms with E-state index in [9.17, 15) is 18.0 Å².